The van der Waals surface area contributed by atoms with Crippen LogP contribution < -0.4 is 5.73 Å². The number of aryl methyl sites for hydroxylation is 1. The first-order valence-electron chi connectivity index (χ1n) is 5.48. The van der Waals surface area contributed by atoms with E-state index >= 15 is 0 Å². The van der Waals surface area contributed by atoms with Gasteiger partial charge in [0, 0.05) is 16.4 Å². The van der Waals surface area contributed by atoms with Gasteiger partial charge in [0.2, 0.25) is 0 Å². The summed E-state index contributed by atoms with van der Waals surface area (Å²) in [5.41, 5.74) is 8.99. The maximum absolute atomic E-state index is 6.40. The highest BCUT2D eigenvalue weighted by Crippen LogP contribution is 2.27. The first-order valence-corrected chi connectivity index (χ1v) is 6.27. The van der Waals surface area contributed by atoms with Gasteiger partial charge in [-0.1, -0.05) is 34.1 Å². The van der Waals surface area contributed by atoms with Crippen LogP contribution in [0.25, 0.3) is 0 Å². The number of nitrogens with two attached hydrogens (primary N) is 1. The van der Waals surface area contributed by atoms with Crippen molar-refractivity contribution in [3.05, 3.63) is 63.9 Å². The topological polar surface area (TPSA) is 38.9 Å². The highest BCUT2D eigenvalue weighted by molar-refractivity contribution is 9.10. The van der Waals surface area contributed by atoms with Gasteiger partial charge < -0.3 is 5.73 Å². The minimum Gasteiger partial charge on any atom is -0.318 e. The zero-order chi connectivity index (χ0) is 12.5. The van der Waals surface area contributed by atoms with Crippen LogP contribution in [-0.2, 0) is 5.54 Å². The van der Waals surface area contributed by atoms with Crippen LogP contribution in [0.4, 0.5) is 0 Å². The lowest BCUT2D eigenvalue weighted by Gasteiger charge is -2.25. The normalized spacial score (nSPS) is 14.4. The highest BCUT2D eigenvalue weighted by atomic mass is 79.9. The molecule has 1 atom stereocenters. The molecule has 0 saturated carbocycles. The van der Waals surface area contributed by atoms with Crippen molar-refractivity contribution in [1.29, 1.82) is 0 Å². The summed E-state index contributed by atoms with van der Waals surface area (Å²) in [6.07, 6.45) is 1.84. The molecule has 0 fully saturated rings. The summed E-state index contributed by atoms with van der Waals surface area (Å²) >= 11 is 3.42. The fourth-order valence-electron chi connectivity index (χ4n) is 1.74. The fourth-order valence-corrected chi connectivity index (χ4v) is 2.00. The van der Waals surface area contributed by atoms with E-state index in [4.69, 9.17) is 5.73 Å². The molecule has 0 aliphatic heterocycles. The molecule has 0 saturated heterocycles. The first kappa shape index (κ1) is 12.3. The summed E-state index contributed by atoms with van der Waals surface area (Å²) in [6, 6.07) is 12.1. The van der Waals surface area contributed by atoms with Crippen molar-refractivity contribution in [2.75, 3.05) is 0 Å². The molecule has 2 aromatic rings. The Hall–Kier alpha value is -1.19. The maximum atomic E-state index is 6.40. The number of hydrogen-bond acceptors (Lipinski definition) is 2. The van der Waals surface area contributed by atoms with E-state index in [9.17, 15) is 0 Å². The standard InChI is InChI=1S/C14H15BrN2/c1-10-3-4-12(9-17-10)14(2,16)11-5-7-13(15)8-6-11/h3-9H,16H2,1-2H3. The van der Waals surface area contributed by atoms with Crippen LogP contribution in [0.1, 0.15) is 23.7 Å². The van der Waals surface area contributed by atoms with E-state index in [1.54, 1.807) is 0 Å². The van der Waals surface area contributed by atoms with Gasteiger partial charge in [-0.25, -0.2) is 0 Å². The molecule has 2 rings (SSSR count). The highest BCUT2D eigenvalue weighted by Gasteiger charge is 2.23. The Morgan fingerprint density at radius 1 is 1.06 bits per heavy atom. The van der Waals surface area contributed by atoms with E-state index in [1.807, 2.05) is 56.4 Å². The predicted molar refractivity (Wildman–Crippen MR) is 73.8 cm³/mol. The summed E-state index contributed by atoms with van der Waals surface area (Å²) in [6.45, 7) is 3.97. The van der Waals surface area contributed by atoms with Crippen LogP contribution in [0.15, 0.2) is 47.1 Å². The Labute approximate surface area is 110 Å². The molecule has 0 bridgehead atoms. The van der Waals surface area contributed by atoms with Gasteiger partial charge in [-0.15, -0.1) is 0 Å². The second kappa shape index (κ2) is 4.59. The Balaban J connectivity index is 2.41. The summed E-state index contributed by atoms with van der Waals surface area (Å²) in [5.74, 6) is 0. The second-order valence-electron chi connectivity index (χ2n) is 4.40. The molecular weight excluding hydrogens is 276 g/mol. The SMILES string of the molecule is Cc1ccc(C(C)(N)c2ccc(Br)cc2)cn1. The lowest BCUT2D eigenvalue weighted by atomic mass is 9.87. The quantitative estimate of drug-likeness (QED) is 0.921. The molecule has 2 nitrogen and oxygen atoms in total. The van der Waals surface area contributed by atoms with Crippen LogP contribution in [0, 0.1) is 6.92 Å². The van der Waals surface area contributed by atoms with Crippen LogP contribution >= 0.6 is 15.9 Å². The van der Waals surface area contributed by atoms with E-state index in [1.165, 1.54) is 0 Å². The Morgan fingerprint density at radius 2 is 1.65 bits per heavy atom. The third-order valence-corrected chi connectivity index (χ3v) is 3.48. The zero-order valence-electron chi connectivity index (χ0n) is 9.94. The molecule has 17 heavy (non-hydrogen) atoms. The van der Waals surface area contributed by atoms with Crippen molar-refractivity contribution in [2.45, 2.75) is 19.4 Å². The van der Waals surface area contributed by atoms with Crippen molar-refractivity contribution in [3.8, 4) is 0 Å². The van der Waals surface area contributed by atoms with Gasteiger partial charge in [0.1, 0.15) is 0 Å². The summed E-state index contributed by atoms with van der Waals surface area (Å²) in [5, 5.41) is 0. The molecule has 3 heteroatoms. The van der Waals surface area contributed by atoms with Gasteiger partial charge in [0.25, 0.3) is 0 Å². The third kappa shape index (κ3) is 2.56. The van der Waals surface area contributed by atoms with Crippen LogP contribution in [0.3, 0.4) is 0 Å². The van der Waals surface area contributed by atoms with Crippen LogP contribution in [0.2, 0.25) is 0 Å². The molecular formula is C14H15BrN2. The summed E-state index contributed by atoms with van der Waals surface area (Å²) < 4.78 is 1.05. The molecule has 1 aromatic heterocycles. The molecule has 1 aromatic carbocycles. The molecule has 2 N–H and O–H groups in total. The summed E-state index contributed by atoms with van der Waals surface area (Å²) in [7, 11) is 0. The van der Waals surface area contributed by atoms with E-state index in [-0.39, 0.29) is 0 Å². The minimum absolute atomic E-state index is 0.512. The number of aromatic nitrogens is 1. The van der Waals surface area contributed by atoms with Gasteiger partial charge in [0.05, 0.1) is 5.54 Å². The number of halogens is 1. The molecule has 0 aliphatic rings. The third-order valence-electron chi connectivity index (χ3n) is 2.95. The smallest absolute Gasteiger partial charge is 0.0652 e. The van der Waals surface area contributed by atoms with Crippen LogP contribution in [0.5, 0.6) is 0 Å². The first-order chi connectivity index (χ1) is 8.00. The Bertz CT molecular complexity index is 453. The number of benzene rings is 1. The predicted octanol–water partition coefficient (Wildman–Crippen LogP) is 3.37. The van der Waals surface area contributed by atoms with Crippen molar-refractivity contribution in [3.63, 3.8) is 0 Å². The molecule has 1 heterocycles. The molecule has 0 aliphatic carbocycles. The Morgan fingerprint density at radius 3 is 2.18 bits per heavy atom. The van der Waals surface area contributed by atoms with E-state index in [0.29, 0.717) is 0 Å². The van der Waals surface area contributed by atoms with E-state index in [2.05, 4.69) is 20.9 Å². The van der Waals surface area contributed by atoms with Gasteiger partial charge in [-0.05, 0) is 43.2 Å². The second-order valence-corrected chi connectivity index (χ2v) is 5.31. The van der Waals surface area contributed by atoms with Crippen molar-refractivity contribution in [2.24, 2.45) is 5.73 Å². The lowest BCUT2D eigenvalue weighted by Crippen LogP contribution is -2.34. The van der Waals surface area contributed by atoms with Crippen molar-refractivity contribution < 1.29 is 0 Å². The fraction of sp³-hybridized carbons (Fsp3) is 0.214. The van der Waals surface area contributed by atoms with Gasteiger partial charge in [0.15, 0.2) is 0 Å². The minimum atomic E-state index is -0.512. The average molecular weight is 291 g/mol. The number of rotatable bonds is 2. The monoisotopic (exact) mass is 290 g/mol. The lowest BCUT2D eigenvalue weighted by molar-refractivity contribution is 0.599. The molecule has 0 spiro atoms. The van der Waals surface area contributed by atoms with Crippen LogP contribution in [-0.4, -0.2) is 4.98 Å². The summed E-state index contributed by atoms with van der Waals surface area (Å²) in [4.78, 5) is 4.30. The molecule has 1 unspecified atom stereocenters. The van der Waals surface area contributed by atoms with E-state index < -0.39 is 5.54 Å². The zero-order valence-corrected chi connectivity index (χ0v) is 11.5. The number of hydrogen-bond donors (Lipinski definition) is 1. The van der Waals surface area contributed by atoms with Crippen molar-refractivity contribution >= 4 is 15.9 Å². The van der Waals surface area contributed by atoms with Gasteiger partial charge >= 0.3 is 0 Å². The average Bonchev–Trinajstić information content (AvgIpc) is 2.30. The van der Waals surface area contributed by atoms with E-state index in [0.717, 1.165) is 21.3 Å². The number of pyridine rings is 1. The maximum Gasteiger partial charge on any atom is 0.0652 e. The van der Waals surface area contributed by atoms with Gasteiger partial charge in [-0.2, -0.15) is 0 Å². The number of nitrogens with zero attached hydrogens (tertiary/aromatic N) is 1. The largest absolute Gasteiger partial charge is 0.318 e. The Kier molecular flexibility index (Phi) is 3.31. The van der Waals surface area contributed by atoms with Crippen molar-refractivity contribution in [1.82, 2.24) is 4.98 Å². The molecule has 88 valence electrons. The molecule has 0 amide bonds. The molecule has 0 radical (unpaired) electrons. The van der Waals surface area contributed by atoms with Gasteiger partial charge in [-0.3, -0.25) is 4.98 Å².